The number of hydrogen-bond acceptors (Lipinski definition) is 4. The van der Waals surface area contributed by atoms with Crippen molar-refractivity contribution in [2.45, 2.75) is 51.6 Å². The molecule has 1 aliphatic carbocycles. The Morgan fingerprint density at radius 1 is 1.00 bits per heavy atom. The third kappa shape index (κ3) is 5.70. The van der Waals surface area contributed by atoms with Crippen molar-refractivity contribution in [1.29, 1.82) is 0 Å². The van der Waals surface area contributed by atoms with Crippen LogP contribution in [0, 0.1) is 5.92 Å². The lowest BCUT2D eigenvalue weighted by Gasteiger charge is -2.28. The molecule has 154 valence electrons. The van der Waals surface area contributed by atoms with Crippen LogP contribution in [-0.2, 0) is 16.1 Å². The van der Waals surface area contributed by atoms with E-state index in [9.17, 15) is 14.4 Å². The molecule has 1 aromatic carbocycles. The topological polar surface area (TPSA) is 100 Å². The summed E-state index contributed by atoms with van der Waals surface area (Å²) in [5, 5.41) is 8.11. The summed E-state index contributed by atoms with van der Waals surface area (Å²) in [7, 11) is 0. The zero-order valence-corrected chi connectivity index (χ0v) is 16.6. The first-order valence-corrected chi connectivity index (χ1v) is 10.1. The highest BCUT2D eigenvalue weighted by atomic mass is 16.3. The zero-order valence-electron chi connectivity index (χ0n) is 16.6. The fourth-order valence-electron chi connectivity index (χ4n) is 3.61. The highest BCUT2D eigenvalue weighted by molar-refractivity contribution is 6.40. The third-order valence-electron chi connectivity index (χ3n) is 5.39. The molecule has 1 heterocycles. The van der Waals surface area contributed by atoms with Crippen LogP contribution in [0.3, 0.4) is 0 Å². The van der Waals surface area contributed by atoms with Gasteiger partial charge in [-0.1, -0.05) is 25.5 Å². The van der Waals surface area contributed by atoms with Gasteiger partial charge in [-0.15, -0.1) is 0 Å². The minimum Gasteiger partial charge on any atom is -0.467 e. The van der Waals surface area contributed by atoms with E-state index in [-0.39, 0.29) is 24.1 Å². The van der Waals surface area contributed by atoms with Gasteiger partial charge in [-0.05, 0) is 55.9 Å². The smallest absolute Gasteiger partial charge is 0.313 e. The molecule has 3 N–H and O–H groups in total. The van der Waals surface area contributed by atoms with Gasteiger partial charge in [-0.2, -0.15) is 0 Å². The van der Waals surface area contributed by atoms with E-state index < -0.39 is 11.8 Å². The molecule has 0 spiro atoms. The molecule has 1 fully saturated rings. The van der Waals surface area contributed by atoms with Gasteiger partial charge in [0, 0.05) is 6.04 Å². The Bertz CT molecular complexity index is 840. The first-order chi connectivity index (χ1) is 14.1. The number of para-hydroxylation sites is 1. The molecular weight excluding hydrogens is 370 g/mol. The van der Waals surface area contributed by atoms with Crippen LogP contribution in [0.15, 0.2) is 47.1 Å². The van der Waals surface area contributed by atoms with Crippen LogP contribution in [0.4, 0.5) is 5.69 Å². The minimum absolute atomic E-state index is 0.0305. The van der Waals surface area contributed by atoms with Gasteiger partial charge >= 0.3 is 11.8 Å². The number of furan rings is 1. The van der Waals surface area contributed by atoms with Crippen molar-refractivity contribution in [3.8, 4) is 0 Å². The summed E-state index contributed by atoms with van der Waals surface area (Å²) >= 11 is 0. The average Bonchev–Trinajstić information content (AvgIpc) is 3.26. The SMILES string of the molecule is CCC1CCC(NC(=O)C(=O)Nc2ccccc2C(=O)NCc2ccco2)CC1. The summed E-state index contributed by atoms with van der Waals surface area (Å²) in [6.45, 7) is 2.41. The van der Waals surface area contributed by atoms with Crippen LogP contribution in [0.5, 0.6) is 0 Å². The summed E-state index contributed by atoms with van der Waals surface area (Å²) in [6.07, 6.45) is 6.61. The predicted molar refractivity (Wildman–Crippen MR) is 109 cm³/mol. The molecule has 1 saturated carbocycles. The summed E-state index contributed by atoms with van der Waals surface area (Å²) in [5.74, 6) is -0.471. The Balaban J connectivity index is 1.56. The van der Waals surface area contributed by atoms with Crippen molar-refractivity contribution in [2.75, 3.05) is 5.32 Å². The maximum Gasteiger partial charge on any atom is 0.313 e. The van der Waals surface area contributed by atoms with Crippen LogP contribution >= 0.6 is 0 Å². The van der Waals surface area contributed by atoms with Crippen LogP contribution in [-0.4, -0.2) is 23.8 Å². The molecule has 7 nitrogen and oxygen atoms in total. The number of amides is 3. The number of benzene rings is 1. The molecule has 7 heteroatoms. The Morgan fingerprint density at radius 3 is 2.45 bits per heavy atom. The molecule has 2 aromatic rings. The first-order valence-electron chi connectivity index (χ1n) is 10.1. The Labute approximate surface area is 170 Å². The van der Waals surface area contributed by atoms with E-state index in [0.29, 0.717) is 17.4 Å². The van der Waals surface area contributed by atoms with Crippen molar-refractivity contribution in [3.05, 3.63) is 54.0 Å². The van der Waals surface area contributed by atoms with Gasteiger partial charge in [-0.25, -0.2) is 0 Å². The van der Waals surface area contributed by atoms with Crippen LogP contribution in [0.2, 0.25) is 0 Å². The monoisotopic (exact) mass is 397 g/mol. The van der Waals surface area contributed by atoms with Crippen molar-refractivity contribution in [2.24, 2.45) is 5.92 Å². The van der Waals surface area contributed by atoms with Crippen molar-refractivity contribution >= 4 is 23.4 Å². The van der Waals surface area contributed by atoms with Gasteiger partial charge in [0.1, 0.15) is 5.76 Å². The molecular formula is C22H27N3O4. The third-order valence-corrected chi connectivity index (χ3v) is 5.39. The van der Waals surface area contributed by atoms with Gasteiger partial charge in [-0.3, -0.25) is 14.4 Å². The van der Waals surface area contributed by atoms with Gasteiger partial charge < -0.3 is 20.4 Å². The summed E-state index contributed by atoms with van der Waals surface area (Å²) in [5.41, 5.74) is 0.572. The second-order valence-electron chi connectivity index (χ2n) is 7.36. The van der Waals surface area contributed by atoms with Crippen LogP contribution < -0.4 is 16.0 Å². The van der Waals surface area contributed by atoms with Gasteiger partial charge in [0.15, 0.2) is 0 Å². The second-order valence-corrected chi connectivity index (χ2v) is 7.36. The number of anilines is 1. The molecule has 3 rings (SSSR count). The number of hydrogen-bond donors (Lipinski definition) is 3. The molecule has 0 unspecified atom stereocenters. The maximum absolute atomic E-state index is 12.5. The zero-order chi connectivity index (χ0) is 20.6. The van der Waals surface area contributed by atoms with E-state index in [0.717, 1.165) is 32.1 Å². The van der Waals surface area contributed by atoms with Crippen LogP contribution in [0.1, 0.15) is 55.1 Å². The Hall–Kier alpha value is -3.09. The number of nitrogens with one attached hydrogen (secondary N) is 3. The Morgan fingerprint density at radius 2 is 1.76 bits per heavy atom. The molecule has 1 aliphatic rings. The number of carbonyl (C=O) groups is 3. The standard InChI is InChI=1S/C22H27N3O4/c1-2-15-9-11-16(12-10-15)24-21(27)22(28)25-19-8-4-3-7-18(19)20(26)23-14-17-6-5-13-29-17/h3-8,13,15-16H,2,9-12,14H2,1H3,(H,23,26)(H,24,27)(H,25,28). The molecule has 1 aromatic heterocycles. The molecule has 29 heavy (non-hydrogen) atoms. The lowest BCUT2D eigenvalue weighted by molar-refractivity contribution is -0.136. The van der Waals surface area contributed by atoms with Gasteiger partial charge in [0.05, 0.1) is 24.1 Å². The second kappa shape index (κ2) is 9.91. The lowest BCUT2D eigenvalue weighted by Crippen LogP contribution is -2.43. The van der Waals surface area contributed by atoms with Crippen molar-refractivity contribution < 1.29 is 18.8 Å². The van der Waals surface area contributed by atoms with Gasteiger partial charge in [0.25, 0.3) is 5.91 Å². The number of carbonyl (C=O) groups excluding carboxylic acids is 3. The predicted octanol–water partition coefficient (Wildman–Crippen LogP) is 3.23. The summed E-state index contributed by atoms with van der Waals surface area (Å²) in [4.78, 5) is 37.1. The van der Waals surface area contributed by atoms with Crippen molar-refractivity contribution in [3.63, 3.8) is 0 Å². The molecule has 0 aliphatic heterocycles. The largest absolute Gasteiger partial charge is 0.467 e. The molecule has 0 atom stereocenters. The van der Waals surface area contributed by atoms with E-state index in [1.165, 1.54) is 6.26 Å². The van der Waals surface area contributed by atoms with E-state index in [4.69, 9.17) is 4.42 Å². The molecule has 0 saturated heterocycles. The van der Waals surface area contributed by atoms with E-state index >= 15 is 0 Å². The molecule has 3 amide bonds. The lowest BCUT2D eigenvalue weighted by atomic mass is 9.84. The quantitative estimate of drug-likeness (QED) is 0.652. The fraction of sp³-hybridized carbons (Fsp3) is 0.409. The summed E-state index contributed by atoms with van der Waals surface area (Å²) < 4.78 is 5.19. The highest BCUT2D eigenvalue weighted by Gasteiger charge is 2.24. The van der Waals surface area contributed by atoms with E-state index in [2.05, 4.69) is 22.9 Å². The maximum atomic E-state index is 12.5. The number of rotatable bonds is 6. The highest BCUT2D eigenvalue weighted by Crippen LogP contribution is 2.26. The summed E-state index contributed by atoms with van der Waals surface area (Å²) in [6, 6.07) is 10.1. The van der Waals surface area contributed by atoms with E-state index in [1.54, 1.807) is 36.4 Å². The van der Waals surface area contributed by atoms with Gasteiger partial charge in [0.2, 0.25) is 0 Å². The Kier molecular flexibility index (Phi) is 7.05. The van der Waals surface area contributed by atoms with Crippen LogP contribution in [0.25, 0.3) is 0 Å². The average molecular weight is 397 g/mol. The first kappa shape index (κ1) is 20.6. The molecule has 0 bridgehead atoms. The normalized spacial score (nSPS) is 18.7. The van der Waals surface area contributed by atoms with E-state index in [1.807, 2.05) is 0 Å². The minimum atomic E-state index is -0.770. The molecule has 0 radical (unpaired) electrons. The van der Waals surface area contributed by atoms with Crippen molar-refractivity contribution in [1.82, 2.24) is 10.6 Å². The fourth-order valence-corrected chi connectivity index (χ4v) is 3.61.